The SMILES string of the molecule is Cc1ccn(CC(=O)N[C@H]2CC(=O)N(CC3CCCCC3)C2)n1. The molecule has 0 aromatic carbocycles. The summed E-state index contributed by atoms with van der Waals surface area (Å²) >= 11 is 0. The van der Waals surface area contributed by atoms with Crippen LogP contribution in [0, 0.1) is 12.8 Å². The standard InChI is InChI=1S/C17H26N4O2/c1-13-7-8-21(19-13)12-16(22)18-15-9-17(23)20(11-15)10-14-5-3-2-4-6-14/h7-8,14-15H,2-6,9-12H2,1H3,(H,18,22)/t15-/m0/s1. The maximum absolute atomic E-state index is 12.2. The molecule has 2 amide bonds. The van der Waals surface area contributed by atoms with Gasteiger partial charge in [0.15, 0.2) is 0 Å². The highest BCUT2D eigenvalue weighted by Gasteiger charge is 2.32. The van der Waals surface area contributed by atoms with Crippen LogP contribution < -0.4 is 5.32 Å². The first-order valence-electron chi connectivity index (χ1n) is 8.67. The summed E-state index contributed by atoms with van der Waals surface area (Å²) in [5.41, 5.74) is 0.896. The van der Waals surface area contributed by atoms with Crippen LogP contribution in [0.2, 0.25) is 0 Å². The summed E-state index contributed by atoms with van der Waals surface area (Å²) < 4.78 is 1.63. The van der Waals surface area contributed by atoms with E-state index in [4.69, 9.17) is 0 Å². The molecule has 3 rings (SSSR count). The molecular formula is C17H26N4O2. The number of amides is 2. The smallest absolute Gasteiger partial charge is 0.242 e. The molecule has 2 heterocycles. The van der Waals surface area contributed by atoms with Gasteiger partial charge in [-0.1, -0.05) is 19.3 Å². The van der Waals surface area contributed by atoms with Crippen molar-refractivity contribution in [1.29, 1.82) is 0 Å². The Balaban J connectivity index is 1.46. The monoisotopic (exact) mass is 318 g/mol. The van der Waals surface area contributed by atoms with E-state index in [0.29, 0.717) is 18.9 Å². The molecule has 2 fully saturated rings. The summed E-state index contributed by atoms with van der Waals surface area (Å²) in [6, 6.07) is 1.81. The molecule has 1 atom stereocenters. The molecule has 0 spiro atoms. The van der Waals surface area contributed by atoms with Gasteiger partial charge < -0.3 is 10.2 Å². The van der Waals surface area contributed by atoms with Gasteiger partial charge in [-0.05, 0) is 31.7 Å². The molecule has 6 nitrogen and oxygen atoms in total. The molecular weight excluding hydrogens is 292 g/mol. The average Bonchev–Trinajstić information content (AvgIpc) is 3.06. The molecule has 1 aliphatic carbocycles. The number of hydrogen-bond acceptors (Lipinski definition) is 3. The van der Waals surface area contributed by atoms with Crippen LogP contribution in [0.3, 0.4) is 0 Å². The predicted molar refractivity (Wildman–Crippen MR) is 86.7 cm³/mol. The van der Waals surface area contributed by atoms with E-state index in [0.717, 1.165) is 12.2 Å². The van der Waals surface area contributed by atoms with E-state index < -0.39 is 0 Å². The number of aromatic nitrogens is 2. The lowest BCUT2D eigenvalue weighted by Crippen LogP contribution is -2.39. The number of hydrogen-bond donors (Lipinski definition) is 1. The van der Waals surface area contributed by atoms with Crippen LogP contribution in [0.5, 0.6) is 0 Å². The Morgan fingerprint density at radius 2 is 2.13 bits per heavy atom. The Morgan fingerprint density at radius 1 is 1.35 bits per heavy atom. The van der Waals surface area contributed by atoms with E-state index >= 15 is 0 Å². The maximum Gasteiger partial charge on any atom is 0.242 e. The third-order valence-electron chi connectivity index (χ3n) is 4.86. The molecule has 1 aliphatic heterocycles. The van der Waals surface area contributed by atoms with E-state index in [2.05, 4.69) is 10.4 Å². The summed E-state index contributed by atoms with van der Waals surface area (Å²) in [5.74, 6) is 0.746. The molecule has 6 heteroatoms. The van der Waals surface area contributed by atoms with Gasteiger partial charge in [0.25, 0.3) is 0 Å². The highest BCUT2D eigenvalue weighted by molar-refractivity contribution is 5.82. The van der Waals surface area contributed by atoms with E-state index in [1.807, 2.05) is 17.9 Å². The van der Waals surface area contributed by atoms with Crippen molar-refractivity contribution in [1.82, 2.24) is 20.0 Å². The quantitative estimate of drug-likeness (QED) is 0.894. The molecule has 23 heavy (non-hydrogen) atoms. The molecule has 2 aliphatic rings. The van der Waals surface area contributed by atoms with E-state index in [1.54, 1.807) is 10.9 Å². The fraction of sp³-hybridized carbons (Fsp3) is 0.706. The first-order chi connectivity index (χ1) is 11.1. The van der Waals surface area contributed by atoms with Gasteiger partial charge >= 0.3 is 0 Å². The minimum Gasteiger partial charge on any atom is -0.349 e. The summed E-state index contributed by atoms with van der Waals surface area (Å²) in [7, 11) is 0. The Hall–Kier alpha value is -1.85. The van der Waals surface area contributed by atoms with Crippen molar-refractivity contribution in [3.63, 3.8) is 0 Å². The summed E-state index contributed by atoms with van der Waals surface area (Å²) in [4.78, 5) is 26.2. The van der Waals surface area contributed by atoms with Gasteiger partial charge in [-0.3, -0.25) is 14.3 Å². The molecule has 0 bridgehead atoms. The van der Waals surface area contributed by atoms with Crippen molar-refractivity contribution >= 4 is 11.8 Å². The van der Waals surface area contributed by atoms with Crippen LogP contribution in [-0.2, 0) is 16.1 Å². The number of nitrogens with one attached hydrogen (secondary N) is 1. The highest BCUT2D eigenvalue weighted by Crippen LogP contribution is 2.26. The fourth-order valence-corrected chi connectivity index (χ4v) is 3.70. The molecule has 1 saturated heterocycles. The van der Waals surface area contributed by atoms with Gasteiger partial charge in [0.2, 0.25) is 11.8 Å². The van der Waals surface area contributed by atoms with Crippen molar-refractivity contribution in [3.05, 3.63) is 18.0 Å². The fourth-order valence-electron chi connectivity index (χ4n) is 3.70. The Kier molecular flexibility index (Phi) is 4.98. The number of rotatable bonds is 5. The zero-order valence-electron chi connectivity index (χ0n) is 13.8. The summed E-state index contributed by atoms with van der Waals surface area (Å²) in [6.45, 7) is 3.62. The van der Waals surface area contributed by atoms with Crippen LogP contribution in [0.4, 0.5) is 0 Å². The first kappa shape index (κ1) is 16.0. The molecule has 0 unspecified atom stereocenters. The molecule has 0 radical (unpaired) electrons. The molecule has 1 N–H and O–H groups in total. The Bertz CT molecular complexity index is 563. The number of carbonyl (C=O) groups is 2. The van der Waals surface area contributed by atoms with E-state index in [9.17, 15) is 9.59 Å². The van der Waals surface area contributed by atoms with E-state index in [-0.39, 0.29) is 24.4 Å². The number of nitrogens with zero attached hydrogens (tertiary/aromatic N) is 3. The molecule has 1 aromatic heterocycles. The van der Waals surface area contributed by atoms with Crippen molar-refractivity contribution in [2.24, 2.45) is 5.92 Å². The van der Waals surface area contributed by atoms with Gasteiger partial charge in [-0.15, -0.1) is 0 Å². The molecule has 126 valence electrons. The van der Waals surface area contributed by atoms with Gasteiger partial charge in [-0.2, -0.15) is 5.10 Å². The van der Waals surface area contributed by atoms with Gasteiger partial charge in [0, 0.05) is 25.7 Å². The van der Waals surface area contributed by atoms with Crippen molar-refractivity contribution < 1.29 is 9.59 Å². The topological polar surface area (TPSA) is 67.2 Å². The summed E-state index contributed by atoms with van der Waals surface area (Å²) in [6.07, 6.45) is 8.60. The number of likely N-dealkylation sites (tertiary alicyclic amines) is 1. The Labute approximate surface area is 137 Å². The second-order valence-electron chi connectivity index (χ2n) is 6.93. The molecule has 1 saturated carbocycles. The van der Waals surface area contributed by atoms with Crippen LogP contribution in [-0.4, -0.2) is 45.6 Å². The number of aryl methyl sites for hydroxylation is 1. The second-order valence-corrected chi connectivity index (χ2v) is 6.93. The third kappa shape index (κ3) is 4.33. The van der Waals surface area contributed by atoms with Crippen molar-refractivity contribution in [2.75, 3.05) is 13.1 Å². The lowest BCUT2D eigenvalue weighted by Gasteiger charge is -2.27. The van der Waals surface area contributed by atoms with Crippen molar-refractivity contribution in [2.45, 2.75) is 58.0 Å². The lowest BCUT2D eigenvalue weighted by molar-refractivity contribution is -0.128. The average molecular weight is 318 g/mol. The largest absolute Gasteiger partial charge is 0.349 e. The predicted octanol–water partition coefficient (Wildman–Crippen LogP) is 1.49. The first-order valence-corrected chi connectivity index (χ1v) is 8.67. The lowest BCUT2D eigenvalue weighted by atomic mass is 9.89. The minimum atomic E-state index is -0.0783. The van der Waals surface area contributed by atoms with Gasteiger partial charge in [-0.25, -0.2) is 0 Å². The van der Waals surface area contributed by atoms with Crippen LogP contribution in [0.15, 0.2) is 12.3 Å². The normalized spacial score (nSPS) is 22.6. The minimum absolute atomic E-state index is 0.0600. The zero-order valence-corrected chi connectivity index (χ0v) is 13.8. The Morgan fingerprint density at radius 3 is 2.83 bits per heavy atom. The van der Waals surface area contributed by atoms with Crippen LogP contribution in [0.25, 0.3) is 0 Å². The zero-order chi connectivity index (χ0) is 16.2. The van der Waals surface area contributed by atoms with Gasteiger partial charge in [0.05, 0.1) is 11.7 Å². The molecule has 1 aromatic rings. The van der Waals surface area contributed by atoms with Gasteiger partial charge in [0.1, 0.15) is 6.54 Å². The third-order valence-corrected chi connectivity index (χ3v) is 4.86. The maximum atomic E-state index is 12.2. The van der Waals surface area contributed by atoms with E-state index in [1.165, 1.54) is 32.1 Å². The summed E-state index contributed by atoms with van der Waals surface area (Å²) in [5, 5.41) is 7.18. The second kappa shape index (κ2) is 7.15. The van der Waals surface area contributed by atoms with Crippen LogP contribution in [0.1, 0.15) is 44.2 Å². The highest BCUT2D eigenvalue weighted by atomic mass is 16.2. The van der Waals surface area contributed by atoms with Crippen molar-refractivity contribution in [3.8, 4) is 0 Å². The number of carbonyl (C=O) groups excluding carboxylic acids is 2. The van der Waals surface area contributed by atoms with Crippen LogP contribution >= 0.6 is 0 Å².